The molecule has 0 bridgehead atoms. The Hall–Kier alpha value is -2.01. The van der Waals surface area contributed by atoms with Gasteiger partial charge in [0, 0.05) is 23.5 Å². The minimum Gasteiger partial charge on any atom is -0.263 e. The first kappa shape index (κ1) is 11.1. The topological polar surface area (TPSA) is 56.0 Å². The van der Waals surface area contributed by atoms with Gasteiger partial charge in [0.05, 0.1) is 0 Å². The van der Waals surface area contributed by atoms with E-state index in [1.165, 1.54) is 0 Å². The molecule has 0 saturated heterocycles. The molecule has 6 heteroatoms. The molecule has 0 N–H and O–H groups in total. The maximum absolute atomic E-state index is 5.91. The van der Waals surface area contributed by atoms with Crippen LogP contribution < -0.4 is 0 Å². The lowest BCUT2D eigenvalue weighted by atomic mass is 10.2. The lowest BCUT2D eigenvalue weighted by Crippen LogP contribution is -1.99. The number of pyridine rings is 1. The Bertz CT molecular complexity index is 734. The highest BCUT2D eigenvalue weighted by molar-refractivity contribution is 6.29. The monoisotopic (exact) mass is 259 g/mol. The summed E-state index contributed by atoms with van der Waals surface area (Å²) in [6.45, 7) is 3.81. The van der Waals surface area contributed by atoms with Gasteiger partial charge in [0.2, 0.25) is 0 Å². The van der Waals surface area contributed by atoms with E-state index >= 15 is 0 Å². The summed E-state index contributed by atoms with van der Waals surface area (Å²) in [5.41, 5.74) is 2.53. The van der Waals surface area contributed by atoms with E-state index in [9.17, 15) is 0 Å². The zero-order valence-corrected chi connectivity index (χ0v) is 10.7. The van der Waals surface area contributed by atoms with E-state index < -0.39 is 0 Å². The van der Waals surface area contributed by atoms with Gasteiger partial charge in [-0.15, -0.1) is 10.2 Å². The van der Waals surface area contributed by atoms with Crippen LogP contribution in [0, 0.1) is 13.8 Å². The molecule has 5 nitrogen and oxygen atoms in total. The molecule has 0 saturated carbocycles. The highest BCUT2D eigenvalue weighted by Crippen LogP contribution is 2.22. The summed E-state index contributed by atoms with van der Waals surface area (Å²) in [6.07, 6.45) is 1.75. The van der Waals surface area contributed by atoms with Crippen LogP contribution in [-0.2, 0) is 0 Å². The fourth-order valence-corrected chi connectivity index (χ4v) is 2.17. The van der Waals surface area contributed by atoms with E-state index in [4.69, 9.17) is 11.6 Å². The standard InChI is InChI=1S/C12H10ClN5/c1-7-9(4-3-5-14-7)12-17-16-11-6-10(13)15-8(2)18(11)12/h3-6H,1-2H3. The number of aryl methyl sites for hydroxylation is 2. The third-order valence-corrected chi connectivity index (χ3v) is 2.97. The predicted octanol–water partition coefficient (Wildman–Crippen LogP) is 2.46. The fourth-order valence-electron chi connectivity index (χ4n) is 1.95. The Morgan fingerprint density at radius 1 is 1.22 bits per heavy atom. The van der Waals surface area contributed by atoms with Gasteiger partial charge in [-0.05, 0) is 26.0 Å². The van der Waals surface area contributed by atoms with Crippen molar-refractivity contribution in [3.05, 3.63) is 41.1 Å². The van der Waals surface area contributed by atoms with Gasteiger partial charge in [-0.1, -0.05) is 11.6 Å². The Balaban J connectivity index is 2.35. The first-order chi connectivity index (χ1) is 8.66. The van der Waals surface area contributed by atoms with Crippen molar-refractivity contribution in [3.8, 4) is 11.4 Å². The molecule has 0 amide bonds. The summed E-state index contributed by atoms with van der Waals surface area (Å²) in [5, 5.41) is 8.74. The molecule has 3 aromatic heterocycles. The number of aromatic nitrogens is 5. The van der Waals surface area contributed by atoms with Crippen LogP contribution in [0.1, 0.15) is 11.5 Å². The Morgan fingerprint density at radius 2 is 2.06 bits per heavy atom. The summed E-state index contributed by atoms with van der Waals surface area (Å²) < 4.78 is 1.87. The summed E-state index contributed by atoms with van der Waals surface area (Å²) in [6, 6.07) is 5.53. The minimum atomic E-state index is 0.418. The fraction of sp³-hybridized carbons (Fsp3) is 0.167. The van der Waals surface area contributed by atoms with Crippen LogP contribution in [0.25, 0.3) is 17.0 Å². The quantitative estimate of drug-likeness (QED) is 0.630. The predicted molar refractivity (Wildman–Crippen MR) is 68.5 cm³/mol. The normalized spacial score (nSPS) is 11.1. The lowest BCUT2D eigenvalue weighted by Gasteiger charge is -2.05. The molecule has 0 aliphatic rings. The molecular formula is C12H10ClN5. The van der Waals surface area contributed by atoms with Crippen molar-refractivity contribution < 1.29 is 0 Å². The number of nitrogens with zero attached hydrogens (tertiary/aromatic N) is 5. The van der Waals surface area contributed by atoms with Gasteiger partial charge >= 0.3 is 0 Å². The molecule has 0 radical (unpaired) electrons. The summed E-state index contributed by atoms with van der Waals surface area (Å²) in [5.74, 6) is 1.48. The summed E-state index contributed by atoms with van der Waals surface area (Å²) >= 11 is 5.91. The average molecular weight is 260 g/mol. The van der Waals surface area contributed by atoms with E-state index in [1.54, 1.807) is 12.3 Å². The molecule has 0 unspecified atom stereocenters. The molecule has 0 atom stereocenters. The molecule has 0 fully saturated rings. The molecular weight excluding hydrogens is 250 g/mol. The molecule has 3 heterocycles. The van der Waals surface area contributed by atoms with Crippen molar-refractivity contribution in [3.63, 3.8) is 0 Å². The van der Waals surface area contributed by atoms with E-state index in [0.29, 0.717) is 10.8 Å². The average Bonchev–Trinajstić information content (AvgIpc) is 2.73. The van der Waals surface area contributed by atoms with Crippen molar-refractivity contribution in [1.29, 1.82) is 0 Å². The molecule has 0 aromatic carbocycles. The van der Waals surface area contributed by atoms with Crippen LogP contribution >= 0.6 is 11.6 Å². The van der Waals surface area contributed by atoms with Crippen LogP contribution in [0.3, 0.4) is 0 Å². The SMILES string of the molecule is Cc1ncccc1-c1nnc2cc(Cl)nc(C)n12. The second-order valence-electron chi connectivity index (χ2n) is 3.98. The summed E-state index contributed by atoms with van der Waals surface area (Å²) in [7, 11) is 0. The van der Waals surface area contributed by atoms with E-state index in [1.807, 2.05) is 30.4 Å². The van der Waals surface area contributed by atoms with Crippen LogP contribution in [0.15, 0.2) is 24.4 Å². The number of hydrogen-bond donors (Lipinski definition) is 0. The molecule has 0 aliphatic carbocycles. The highest BCUT2D eigenvalue weighted by Gasteiger charge is 2.13. The maximum Gasteiger partial charge on any atom is 0.171 e. The number of hydrogen-bond acceptors (Lipinski definition) is 4. The zero-order valence-electron chi connectivity index (χ0n) is 9.92. The molecule has 3 rings (SSSR count). The zero-order chi connectivity index (χ0) is 12.7. The second-order valence-corrected chi connectivity index (χ2v) is 4.37. The van der Waals surface area contributed by atoms with Gasteiger partial charge in [-0.25, -0.2) is 4.98 Å². The molecule has 90 valence electrons. The Morgan fingerprint density at radius 3 is 2.83 bits per heavy atom. The van der Waals surface area contributed by atoms with Gasteiger partial charge in [0.25, 0.3) is 0 Å². The Labute approximate surface area is 108 Å². The van der Waals surface area contributed by atoms with Crippen molar-refractivity contribution in [2.45, 2.75) is 13.8 Å². The van der Waals surface area contributed by atoms with Crippen LogP contribution in [0.4, 0.5) is 0 Å². The van der Waals surface area contributed by atoms with Crippen LogP contribution in [-0.4, -0.2) is 24.6 Å². The van der Waals surface area contributed by atoms with Crippen LogP contribution in [0.2, 0.25) is 5.15 Å². The number of fused-ring (bicyclic) bond motifs is 1. The van der Waals surface area contributed by atoms with Crippen molar-refractivity contribution in [2.24, 2.45) is 0 Å². The Kier molecular flexibility index (Phi) is 2.48. The molecule has 0 spiro atoms. The third kappa shape index (κ3) is 1.64. The highest BCUT2D eigenvalue weighted by atomic mass is 35.5. The second kappa shape index (κ2) is 4.03. The van der Waals surface area contributed by atoms with Crippen molar-refractivity contribution >= 4 is 17.2 Å². The third-order valence-electron chi connectivity index (χ3n) is 2.78. The maximum atomic E-state index is 5.91. The largest absolute Gasteiger partial charge is 0.263 e. The van der Waals surface area contributed by atoms with Gasteiger partial charge < -0.3 is 0 Å². The number of halogens is 1. The first-order valence-electron chi connectivity index (χ1n) is 5.47. The van der Waals surface area contributed by atoms with Gasteiger partial charge in [0.1, 0.15) is 11.0 Å². The van der Waals surface area contributed by atoms with Gasteiger partial charge in [-0.2, -0.15) is 0 Å². The van der Waals surface area contributed by atoms with Gasteiger partial charge in [0.15, 0.2) is 11.5 Å². The first-order valence-corrected chi connectivity index (χ1v) is 5.85. The van der Waals surface area contributed by atoms with E-state index in [-0.39, 0.29) is 0 Å². The smallest absolute Gasteiger partial charge is 0.171 e. The van der Waals surface area contributed by atoms with Gasteiger partial charge in [-0.3, -0.25) is 9.38 Å². The van der Waals surface area contributed by atoms with Crippen molar-refractivity contribution in [2.75, 3.05) is 0 Å². The lowest BCUT2D eigenvalue weighted by molar-refractivity contribution is 0.984. The van der Waals surface area contributed by atoms with E-state index in [2.05, 4.69) is 20.2 Å². The molecule has 0 aliphatic heterocycles. The molecule has 18 heavy (non-hydrogen) atoms. The van der Waals surface area contributed by atoms with Crippen molar-refractivity contribution in [1.82, 2.24) is 24.6 Å². The van der Waals surface area contributed by atoms with Crippen LogP contribution in [0.5, 0.6) is 0 Å². The summed E-state index contributed by atoms with van der Waals surface area (Å²) in [4.78, 5) is 8.48. The minimum absolute atomic E-state index is 0.418. The van der Waals surface area contributed by atoms with E-state index in [0.717, 1.165) is 22.9 Å². The number of rotatable bonds is 1. The molecule has 3 aromatic rings.